The molecular formula is C13H14ClN3O2S. The summed E-state index contributed by atoms with van der Waals surface area (Å²) in [6, 6.07) is 4.99. The third-order valence-corrected chi connectivity index (χ3v) is 3.99. The first-order chi connectivity index (χ1) is 9.61. The second-order valence-corrected chi connectivity index (χ2v) is 5.59. The Balaban J connectivity index is 2.09. The van der Waals surface area contributed by atoms with Crippen molar-refractivity contribution in [2.24, 2.45) is 0 Å². The Labute approximate surface area is 126 Å². The molecule has 1 heterocycles. The molecule has 2 aromatic rings. The van der Waals surface area contributed by atoms with Crippen LogP contribution in [0.5, 0.6) is 0 Å². The number of carboxylic acids is 1. The van der Waals surface area contributed by atoms with Gasteiger partial charge in [-0.3, -0.25) is 0 Å². The van der Waals surface area contributed by atoms with E-state index in [1.165, 1.54) is 18.1 Å². The standard InChI is InChI=1S/C13H14ClN3O2S/c1-2-5-17-12(15-8-16-17)7-20-9-3-4-11(14)10(6-9)13(18)19/h3-4,6,8H,2,5,7H2,1H3,(H,18,19). The number of rotatable bonds is 6. The van der Waals surface area contributed by atoms with Crippen molar-refractivity contribution >= 4 is 29.3 Å². The van der Waals surface area contributed by atoms with Crippen molar-refractivity contribution < 1.29 is 9.90 Å². The van der Waals surface area contributed by atoms with E-state index < -0.39 is 5.97 Å². The van der Waals surface area contributed by atoms with Gasteiger partial charge in [0.25, 0.3) is 0 Å². The molecule has 1 aromatic heterocycles. The Hall–Kier alpha value is -1.53. The van der Waals surface area contributed by atoms with Crippen LogP contribution in [0.1, 0.15) is 29.5 Å². The molecular weight excluding hydrogens is 298 g/mol. The Morgan fingerprint density at radius 2 is 2.30 bits per heavy atom. The lowest BCUT2D eigenvalue weighted by Gasteiger charge is -2.06. The summed E-state index contributed by atoms with van der Waals surface area (Å²) in [6.07, 6.45) is 2.53. The molecule has 0 atom stereocenters. The second kappa shape index (κ2) is 6.76. The number of thioether (sulfide) groups is 1. The summed E-state index contributed by atoms with van der Waals surface area (Å²) in [7, 11) is 0. The number of carbonyl (C=O) groups is 1. The van der Waals surface area contributed by atoms with E-state index in [2.05, 4.69) is 17.0 Å². The molecule has 0 saturated carbocycles. The maximum absolute atomic E-state index is 11.0. The van der Waals surface area contributed by atoms with Gasteiger partial charge in [-0.25, -0.2) is 14.5 Å². The smallest absolute Gasteiger partial charge is 0.337 e. The molecule has 0 bridgehead atoms. The fraction of sp³-hybridized carbons (Fsp3) is 0.308. The number of aromatic carboxylic acids is 1. The maximum Gasteiger partial charge on any atom is 0.337 e. The highest BCUT2D eigenvalue weighted by atomic mass is 35.5. The van der Waals surface area contributed by atoms with Crippen molar-refractivity contribution in [2.45, 2.75) is 30.5 Å². The first-order valence-electron chi connectivity index (χ1n) is 6.14. The van der Waals surface area contributed by atoms with Crippen molar-refractivity contribution in [3.63, 3.8) is 0 Å². The van der Waals surface area contributed by atoms with E-state index in [1.54, 1.807) is 18.2 Å². The predicted molar refractivity (Wildman–Crippen MR) is 78.3 cm³/mol. The van der Waals surface area contributed by atoms with E-state index in [9.17, 15) is 4.79 Å². The van der Waals surface area contributed by atoms with Gasteiger partial charge >= 0.3 is 5.97 Å². The van der Waals surface area contributed by atoms with Gasteiger partial charge in [0.15, 0.2) is 0 Å². The average molecular weight is 312 g/mol. The van der Waals surface area contributed by atoms with E-state index >= 15 is 0 Å². The highest BCUT2D eigenvalue weighted by molar-refractivity contribution is 7.98. The van der Waals surface area contributed by atoms with E-state index in [-0.39, 0.29) is 10.6 Å². The van der Waals surface area contributed by atoms with Crippen LogP contribution >= 0.6 is 23.4 Å². The second-order valence-electron chi connectivity index (χ2n) is 4.13. The molecule has 0 amide bonds. The molecule has 0 unspecified atom stereocenters. The van der Waals surface area contributed by atoms with Gasteiger partial charge in [0.05, 0.1) is 16.3 Å². The zero-order valence-corrected chi connectivity index (χ0v) is 12.5. The molecule has 0 aliphatic heterocycles. The minimum atomic E-state index is -1.02. The molecule has 1 aromatic carbocycles. The topological polar surface area (TPSA) is 68.0 Å². The molecule has 1 N–H and O–H groups in total. The first kappa shape index (κ1) is 14.9. The normalized spacial score (nSPS) is 10.7. The van der Waals surface area contributed by atoms with Crippen LogP contribution in [0, 0.1) is 0 Å². The van der Waals surface area contributed by atoms with Crippen LogP contribution in [0.15, 0.2) is 29.4 Å². The summed E-state index contributed by atoms with van der Waals surface area (Å²) in [5.41, 5.74) is 0.117. The van der Waals surface area contributed by atoms with Crippen molar-refractivity contribution in [1.29, 1.82) is 0 Å². The molecule has 0 aliphatic carbocycles. The number of aryl methyl sites for hydroxylation is 1. The van der Waals surface area contributed by atoms with Gasteiger partial charge in [0, 0.05) is 11.4 Å². The van der Waals surface area contributed by atoms with Gasteiger partial charge in [0.2, 0.25) is 0 Å². The number of aromatic nitrogens is 3. The number of hydrogen-bond acceptors (Lipinski definition) is 4. The molecule has 0 fully saturated rings. The maximum atomic E-state index is 11.0. The number of hydrogen-bond donors (Lipinski definition) is 1. The fourth-order valence-electron chi connectivity index (χ4n) is 1.70. The summed E-state index contributed by atoms with van der Waals surface area (Å²) in [5, 5.41) is 13.4. The van der Waals surface area contributed by atoms with Gasteiger partial charge < -0.3 is 5.11 Å². The molecule has 0 saturated heterocycles. The Morgan fingerprint density at radius 1 is 1.50 bits per heavy atom. The van der Waals surface area contributed by atoms with E-state index in [4.69, 9.17) is 16.7 Å². The predicted octanol–water partition coefficient (Wildman–Crippen LogP) is 3.33. The van der Waals surface area contributed by atoms with Gasteiger partial charge in [-0.2, -0.15) is 5.10 Å². The summed E-state index contributed by atoms with van der Waals surface area (Å²) in [6.45, 7) is 2.91. The molecule has 0 spiro atoms. The lowest BCUT2D eigenvalue weighted by Crippen LogP contribution is -2.04. The Morgan fingerprint density at radius 3 is 3.00 bits per heavy atom. The van der Waals surface area contributed by atoms with Crippen LogP contribution in [0.25, 0.3) is 0 Å². The highest BCUT2D eigenvalue weighted by Gasteiger charge is 2.10. The van der Waals surface area contributed by atoms with Crippen LogP contribution < -0.4 is 0 Å². The van der Waals surface area contributed by atoms with Crippen LogP contribution in [0.4, 0.5) is 0 Å². The number of halogens is 1. The molecule has 106 valence electrons. The summed E-state index contributed by atoms with van der Waals surface area (Å²) in [4.78, 5) is 16.1. The molecule has 7 heteroatoms. The summed E-state index contributed by atoms with van der Waals surface area (Å²) >= 11 is 7.35. The monoisotopic (exact) mass is 311 g/mol. The van der Waals surface area contributed by atoms with Crippen LogP contribution in [-0.4, -0.2) is 25.8 Å². The van der Waals surface area contributed by atoms with Crippen molar-refractivity contribution in [1.82, 2.24) is 14.8 Å². The van der Waals surface area contributed by atoms with Crippen LogP contribution in [0.2, 0.25) is 5.02 Å². The third kappa shape index (κ3) is 3.52. The zero-order valence-electron chi connectivity index (χ0n) is 10.9. The van der Waals surface area contributed by atoms with Crippen molar-refractivity contribution in [3.05, 3.63) is 40.9 Å². The molecule has 0 radical (unpaired) electrons. The highest BCUT2D eigenvalue weighted by Crippen LogP contribution is 2.26. The quantitative estimate of drug-likeness (QED) is 0.829. The van der Waals surface area contributed by atoms with E-state index in [0.717, 1.165) is 23.7 Å². The number of nitrogens with zero attached hydrogens (tertiary/aromatic N) is 3. The molecule has 20 heavy (non-hydrogen) atoms. The summed E-state index contributed by atoms with van der Waals surface area (Å²) < 4.78 is 1.86. The zero-order chi connectivity index (χ0) is 14.5. The minimum Gasteiger partial charge on any atom is -0.478 e. The number of carboxylic acid groups (broad SMARTS) is 1. The van der Waals surface area contributed by atoms with Crippen LogP contribution in [-0.2, 0) is 12.3 Å². The fourth-order valence-corrected chi connectivity index (χ4v) is 2.79. The van der Waals surface area contributed by atoms with Crippen molar-refractivity contribution in [3.8, 4) is 0 Å². The lowest BCUT2D eigenvalue weighted by molar-refractivity contribution is 0.0697. The van der Waals surface area contributed by atoms with E-state index in [1.807, 2.05) is 4.68 Å². The van der Waals surface area contributed by atoms with Gasteiger partial charge in [-0.05, 0) is 24.6 Å². The average Bonchev–Trinajstić information content (AvgIpc) is 2.85. The minimum absolute atomic E-state index is 0.117. The van der Waals surface area contributed by atoms with Gasteiger partial charge in [-0.15, -0.1) is 11.8 Å². The number of benzene rings is 1. The van der Waals surface area contributed by atoms with E-state index in [0.29, 0.717) is 5.75 Å². The summed E-state index contributed by atoms with van der Waals surface area (Å²) in [5.74, 6) is 0.496. The SMILES string of the molecule is CCCn1ncnc1CSc1ccc(Cl)c(C(=O)O)c1. The van der Waals surface area contributed by atoms with Crippen molar-refractivity contribution in [2.75, 3.05) is 0 Å². The third-order valence-electron chi connectivity index (χ3n) is 2.67. The first-order valence-corrected chi connectivity index (χ1v) is 7.50. The van der Waals surface area contributed by atoms with Crippen LogP contribution in [0.3, 0.4) is 0 Å². The molecule has 0 aliphatic rings. The van der Waals surface area contributed by atoms with Gasteiger partial charge in [-0.1, -0.05) is 18.5 Å². The molecule has 5 nitrogen and oxygen atoms in total. The lowest BCUT2D eigenvalue weighted by atomic mass is 10.2. The Bertz CT molecular complexity index is 615. The van der Waals surface area contributed by atoms with Gasteiger partial charge in [0.1, 0.15) is 12.2 Å². The largest absolute Gasteiger partial charge is 0.478 e. The molecule has 2 rings (SSSR count). The Kier molecular flexibility index (Phi) is 5.03.